The van der Waals surface area contributed by atoms with E-state index in [2.05, 4.69) is 20.7 Å². The van der Waals surface area contributed by atoms with E-state index in [1.165, 1.54) is 22.0 Å². The van der Waals surface area contributed by atoms with Gasteiger partial charge < -0.3 is 10.6 Å². The molecule has 0 spiro atoms. The fourth-order valence-electron chi connectivity index (χ4n) is 2.57. The number of nitrogen functional groups attached to an aromatic ring is 1. The predicted octanol–water partition coefficient (Wildman–Crippen LogP) is 2.53. The number of hydrogen-bond acceptors (Lipinski definition) is 7. The van der Waals surface area contributed by atoms with Crippen molar-refractivity contribution < 1.29 is 8.42 Å². The first-order chi connectivity index (χ1) is 10.0. The predicted molar refractivity (Wildman–Crippen MR) is 87.9 cm³/mol. The van der Waals surface area contributed by atoms with E-state index in [9.17, 15) is 8.42 Å². The third-order valence-corrected chi connectivity index (χ3v) is 7.58. The summed E-state index contributed by atoms with van der Waals surface area (Å²) in [5, 5.41) is 2.78. The van der Waals surface area contributed by atoms with Crippen LogP contribution in [0.1, 0.15) is 23.8 Å². The average molecular weight is 343 g/mol. The first-order valence-electron chi connectivity index (χ1n) is 6.81. The molecule has 114 valence electrons. The Morgan fingerprint density at radius 3 is 3.05 bits per heavy atom. The maximum atomic E-state index is 12.4. The minimum absolute atomic E-state index is 0.111. The van der Waals surface area contributed by atoms with Crippen molar-refractivity contribution in [2.75, 3.05) is 22.9 Å². The highest BCUT2D eigenvalue weighted by Gasteiger charge is 2.29. The van der Waals surface area contributed by atoms with Gasteiger partial charge in [0.1, 0.15) is 9.90 Å². The van der Waals surface area contributed by atoms with Crippen molar-refractivity contribution in [2.45, 2.75) is 31.2 Å². The van der Waals surface area contributed by atoms with E-state index in [4.69, 9.17) is 5.73 Å². The summed E-state index contributed by atoms with van der Waals surface area (Å²) in [4.78, 5) is 3.71. The van der Waals surface area contributed by atoms with Crippen LogP contribution in [-0.2, 0) is 22.8 Å². The number of sulfone groups is 1. The summed E-state index contributed by atoms with van der Waals surface area (Å²) in [5.41, 5.74) is 7.11. The van der Waals surface area contributed by atoms with Gasteiger partial charge in [0.15, 0.2) is 15.7 Å². The minimum atomic E-state index is -3.36. The molecular formula is C13H17N3O2S3. The van der Waals surface area contributed by atoms with E-state index in [0.717, 1.165) is 19.5 Å². The van der Waals surface area contributed by atoms with Gasteiger partial charge in [0.2, 0.25) is 0 Å². The molecule has 21 heavy (non-hydrogen) atoms. The van der Waals surface area contributed by atoms with Crippen molar-refractivity contribution in [2.24, 2.45) is 0 Å². The summed E-state index contributed by atoms with van der Waals surface area (Å²) in [6.45, 7) is 3.39. The standard InChI is InChI=1S/C13H17N3O2S3/c1-2-7-21(17,18)11-12(14)15-20-13(11)16-5-3-10-9(8-16)4-6-19-10/h4,6H,2-3,5,7-8H2,1H3,(H2,14,15). The molecule has 0 radical (unpaired) electrons. The largest absolute Gasteiger partial charge is 0.382 e. The lowest BCUT2D eigenvalue weighted by molar-refractivity contribution is 0.594. The number of hydrogen-bond donors (Lipinski definition) is 1. The van der Waals surface area contributed by atoms with Crippen LogP contribution >= 0.6 is 22.9 Å². The summed E-state index contributed by atoms with van der Waals surface area (Å²) in [7, 11) is -3.36. The van der Waals surface area contributed by atoms with Gasteiger partial charge in [-0.3, -0.25) is 0 Å². The second kappa shape index (κ2) is 5.58. The number of fused-ring (bicyclic) bond motifs is 1. The molecule has 0 atom stereocenters. The minimum Gasteiger partial charge on any atom is -0.382 e. The number of rotatable bonds is 4. The van der Waals surface area contributed by atoms with Gasteiger partial charge in [-0.1, -0.05) is 6.92 Å². The molecule has 0 fully saturated rings. The number of aromatic nitrogens is 1. The molecule has 5 nitrogen and oxygen atoms in total. The fraction of sp³-hybridized carbons (Fsp3) is 0.462. The van der Waals surface area contributed by atoms with Crippen molar-refractivity contribution >= 4 is 43.5 Å². The van der Waals surface area contributed by atoms with Crippen LogP contribution in [0.3, 0.4) is 0 Å². The fourth-order valence-corrected chi connectivity index (χ4v) is 6.25. The summed E-state index contributed by atoms with van der Waals surface area (Å²) in [6.07, 6.45) is 1.52. The highest BCUT2D eigenvalue weighted by atomic mass is 32.2. The number of thiophene rings is 1. The summed E-state index contributed by atoms with van der Waals surface area (Å²) in [6, 6.07) is 2.11. The van der Waals surface area contributed by atoms with Gasteiger partial charge in [0, 0.05) is 18.0 Å². The Morgan fingerprint density at radius 2 is 2.29 bits per heavy atom. The molecule has 0 bridgehead atoms. The molecule has 8 heteroatoms. The molecule has 2 N–H and O–H groups in total. The maximum Gasteiger partial charge on any atom is 0.185 e. The number of nitrogens with zero attached hydrogens (tertiary/aromatic N) is 2. The molecule has 3 rings (SSSR count). The van der Waals surface area contributed by atoms with Crippen LogP contribution in [0.15, 0.2) is 16.3 Å². The Labute approximate surface area is 132 Å². The zero-order valence-corrected chi connectivity index (χ0v) is 14.2. The van der Waals surface area contributed by atoms with Crippen LogP contribution < -0.4 is 10.6 Å². The summed E-state index contributed by atoms with van der Waals surface area (Å²) in [5.74, 6) is 0.250. The molecular weight excluding hydrogens is 326 g/mol. The Hall–Kier alpha value is -1.12. The monoisotopic (exact) mass is 343 g/mol. The molecule has 2 aromatic rings. The van der Waals surface area contributed by atoms with Crippen LogP contribution in [0, 0.1) is 0 Å². The Kier molecular flexibility index (Phi) is 3.94. The van der Waals surface area contributed by atoms with E-state index in [1.54, 1.807) is 11.3 Å². The van der Waals surface area contributed by atoms with Crippen LogP contribution in [0.4, 0.5) is 10.8 Å². The molecule has 3 heterocycles. The van der Waals surface area contributed by atoms with Crippen molar-refractivity contribution in [1.29, 1.82) is 0 Å². The molecule has 1 aliphatic heterocycles. The molecule has 0 saturated carbocycles. The van der Waals surface area contributed by atoms with Crippen LogP contribution in [0.5, 0.6) is 0 Å². The zero-order chi connectivity index (χ0) is 15.0. The SMILES string of the molecule is CCCS(=O)(=O)c1c(N)nsc1N1CCc2sccc2C1. The average Bonchev–Trinajstić information content (AvgIpc) is 3.03. The number of nitrogens with two attached hydrogens (primary N) is 1. The molecule has 1 aliphatic rings. The van der Waals surface area contributed by atoms with Crippen LogP contribution in [0.2, 0.25) is 0 Å². The lowest BCUT2D eigenvalue weighted by atomic mass is 10.1. The first kappa shape index (κ1) is 14.8. The molecule has 2 aromatic heterocycles. The van der Waals surface area contributed by atoms with Gasteiger partial charge in [-0.15, -0.1) is 11.3 Å². The maximum absolute atomic E-state index is 12.4. The van der Waals surface area contributed by atoms with Crippen LogP contribution in [0.25, 0.3) is 0 Å². The summed E-state index contributed by atoms with van der Waals surface area (Å²) < 4.78 is 29.0. The Balaban J connectivity index is 1.98. The normalized spacial score (nSPS) is 15.2. The van der Waals surface area contributed by atoms with E-state index in [1.807, 2.05) is 6.92 Å². The topological polar surface area (TPSA) is 76.3 Å². The second-order valence-electron chi connectivity index (χ2n) is 5.06. The molecule has 0 aliphatic carbocycles. The Morgan fingerprint density at radius 1 is 1.48 bits per heavy atom. The van der Waals surface area contributed by atoms with Gasteiger partial charge >= 0.3 is 0 Å². The summed E-state index contributed by atoms with van der Waals surface area (Å²) >= 11 is 2.95. The Bertz CT molecular complexity index is 749. The lowest BCUT2D eigenvalue weighted by Gasteiger charge is -2.28. The first-order valence-corrected chi connectivity index (χ1v) is 10.1. The van der Waals surface area contributed by atoms with Gasteiger partial charge in [-0.2, -0.15) is 4.37 Å². The van der Waals surface area contributed by atoms with Gasteiger partial charge in [-0.25, -0.2) is 8.42 Å². The van der Waals surface area contributed by atoms with E-state index < -0.39 is 9.84 Å². The van der Waals surface area contributed by atoms with E-state index >= 15 is 0 Å². The molecule has 0 aromatic carbocycles. The van der Waals surface area contributed by atoms with Crippen molar-refractivity contribution in [1.82, 2.24) is 4.37 Å². The van der Waals surface area contributed by atoms with E-state index in [0.29, 0.717) is 11.4 Å². The van der Waals surface area contributed by atoms with Gasteiger partial charge in [-0.05, 0) is 41.4 Å². The van der Waals surface area contributed by atoms with E-state index in [-0.39, 0.29) is 16.5 Å². The smallest absolute Gasteiger partial charge is 0.185 e. The number of anilines is 2. The van der Waals surface area contributed by atoms with Crippen LogP contribution in [-0.4, -0.2) is 25.1 Å². The second-order valence-corrected chi connectivity index (χ2v) is 8.86. The van der Waals surface area contributed by atoms with Crippen molar-refractivity contribution in [3.63, 3.8) is 0 Å². The lowest BCUT2D eigenvalue weighted by Crippen LogP contribution is -2.30. The van der Waals surface area contributed by atoms with Crippen molar-refractivity contribution in [3.05, 3.63) is 21.9 Å². The quantitative estimate of drug-likeness (QED) is 0.923. The molecule has 0 amide bonds. The molecule has 0 unspecified atom stereocenters. The van der Waals surface area contributed by atoms with Gasteiger partial charge in [0.05, 0.1) is 5.75 Å². The highest BCUT2D eigenvalue weighted by molar-refractivity contribution is 7.91. The third kappa shape index (κ3) is 2.67. The van der Waals surface area contributed by atoms with Crippen molar-refractivity contribution in [3.8, 4) is 0 Å². The third-order valence-electron chi connectivity index (χ3n) is 3.54. The zero-order valence-electron chi connectivity index (χ0n) is 11.7. The van der Waals surface area contributed by atoms with Gasteiger partial charge in [0.25, 0.3) is 0 Å². The molecule has 0 saturated heterocycles. The highest BCUT2D eigenvalue weighted by Crippen LogP contribution is 2.38.